The first-order valence-electron chi connectivity index (χ1n) is 9.23. The molecule has 0 spiro atoms. The summed E-state index contributed by atoms with van der Waals surface area (Å²) in [5.74, 6) is 0.521. The summed E-state index contributed by atoms with van der Waals surface area (Å²) >= 11 is 3.08. The second-order valence-electron chi connectivity index (χ2n) is 6.75. The number of nitrogens with zero attached hydrogens (tertiary/aromatic N) is 6. The number of rotatable bonds is 5. The zero-order chi connectivity index (χ0) is 20.4. The van der Waals surface area contributed by atoms with Crippen LogP contribution in [-0.4, -0.2) is 56.2 Å². The predicted molar refractivity (Wildman–Crippen MR) is 115 cm³/mol. The third kappa shape index (κ3) is 4.38. The Labute approximate surface area is 177 Å². The van der Waals surface area contributed by atoms with E-state index >= 15 is 0 Å². The van der Waals surface area contributed by atoms with Crippen LogP contribution in [0.4, 0.5) is 5.95 Å². The standard InChI is InChI=1S/C19H21N7OS2/c1-11-16(29-12(2)23-11)15-4-6-20-18(25-15)26-7-5-14(10-26)24-17(27)13-8-21-19(28-3)22-9-13/h4,6,8-9,14H,5,7,10H2,1-3H3,(H,24,27). The molecule has 1 atom stereocenters. The highest BCUT2D eigenvalue weighted by Crippen LogP contribution is 2.29. The van der Waals surface area contributed by atoms with Gasteiger partial charge in [-0.3, -0.25) is 4.79 Å². The number of nitrogens with one attached hydrogen (secondary N) is 1. The SMILES string of the molecule is CSc1ncc(C(=O)NC2CCN(c3nccc(-c4sc(C)nc4C)n3)C2)cn1. The van der Waals surface area contributed by atoms with Crippen molar-refractivity contribution < 1.29 is 4.79 Å². The fraction of sp³-hybridized carbons (Fsp3) is 0.368. The van der Waals surface area contributed by atoms with Gasteiger partial charge in [0.05, 0.1) is 26.8 Å². The molecule has 150 valence electrons. The molecule has 1 saturated heterocycles. The van der Waals surface area contributed by atoms with E-state index in [0.717, 1.165) is 34.2 Å². The molecular weight excluding hydrogens is 406 g/mol. The van der Waals surface area contributed by atoms with Gasteiger partial charge in [-0.15, -0.1) is 11.3 Å². The van der Waals surface area contributed by atoms with Crippen LogP contribution in [0.15, 0.2) is 29.8 Å². The molecule has 0 aliphatic carbocycles. The molecule has 3 aromatic heterocycles. The van der Waals surface area contributed by atoms with Crippen LogP contribution in [0.5, 0.6) is 0 Å². The average molecular weight is 428 g/mol. The quantitative estimate of drug-likeness (QED) is 0.490. The van der Waals surface area contributed by atoms with Crippen LogP contribution < -0.4 is 10.2 Å². The second-order valence-corrected chi connectivity index (χ2v) is 8.73. The van der Waals surface area contributed by atoms with Gasteiger partial charge in [0.1, 0.15) is 0 Å². The number of thiazole rings is 1. The minimum absolute atomic E-state index is 0.0300. The number of aryl methyl sites for hydroxylation is 2. The monoisotopic (exact) mass is 427 g/mol. The maximum absolute atomic E-state index is 12.5. The minimum Gasteiger partial charge on any atom is -0.347 e. The summed E-state index contributed by atoms with van der Waals surface area (Å²) in [5.41, 5.74) is 2.34. The lowest BCUT2D eigenvalue weighted by molar-refractivity contribution is 0.0939. The topological polar surface area (TPSA) is 96.8 Å². The lowest BCUT2D eigenvalue weighted by Gasteiger charge is -2.17. The van der Waals surface area contributed by atoms with Crippen molar-refractivity contribution in [2.24, 2.45) is 0 Å². The summed E-state index contributed by atoms with van der Waals surface area (Å²) in [6.07, 6.45) is 7.64. The summed E-state index contributed by atoms with van der Waals surface area (Å²) in [4.78, 5) is 37.6. The first kappa shape index (κ1) is 19.7. The zero-order valence-corrected chi connectivity index (χ0v) is 18.0. The van der Waals surface area contributed by atoms with Gasteiger partial charge in [-0.2, -0.15) is 0 Å². The van der Waals surface area contributed by atoms with Crippen molar-refractivity contribution in [3.05, 3.63) is 40.9 Å². The van der Waals surface area contributed by atoms with Gasteiger partial charge in [0, 0.05) is 37.7 Å². The van der Waals surface area contributed by atoms with Crippen LogP contribution in [-0.2, 0) is 0 Å². The third-order valence-corrected chi connectivity index (χ3v) is 6.33. The molecule has 0 radical (unpaired) electrons. The molecule has 1 aliphatic rings. The minimum atomic E-state index is -0.157. The number of carbonyl (C=O) groups excluding carboxylic acids is 1. The lowest BCUT2D eigenvalue weighted by Crippen LogP contribution is -2.37. The van der Waals surface area contributed by atoms with Gasteiger partial charge in [-0.1, -0.05) is 11.8 Å². The Hall–Kier alpha value is -2.59. The van der Waals surface area contributed by atoms with E-state index < -0.39 is 0 Å². The maximum atomic E-state index is 12.5. The highest BCUT2D eigenvalue weighted by atomic mass is 32.2. The Morgan fingerprint density at radius 1 is 1.24 bits per heavy atom. The Balaban J connectivity index is 1.42. The zero-order valence-electron chi connectivity index (χ0n) is 16.4. The molecule has 0 aromatic carbocycles. The molecule has 0 bridgehead atoms. The molecule has 29 heavy (non-hydrogen) atoms. The first-order valence-corrected chi connectivity index (χ1v) is 11.3. The Morgan fingerprint density at radius 3 is 2.72 bits per heavy atom. The molecule has 10 heteroatoms. The Bertz CT molecular complexity index is 1020. The smallest absolute Gasteiger partial charge is 0.254 e. The van der Waals surface area contributed by atoms with Crippen molar-refractivity contribution in [3.8, 4) is 10.6 Å². The van der Waals surface area contributed by atoms with Gasteiger partial charge < -0.3 is 10.2 Å². The molecule has 1 unspecified atom stereocenters. The van der Waals surface area contributed by atoms with E-state index in [1.165, 1.54) is 11.8 Å². The van der Waals surface area contributed by atoms with E-state index in [0.29, 0.717) is 23.2 Å². The summed E-state index contributed by atoms with van der Waals surface area (Å²) < 4.78 is 0. The largest absolute Gasteiger partial charge is 0.347 e. The van der Waals surface area contributed by atoms with Crippen molar-refractivity contribution in [2.75, 3.05) is 24.2 Å². The molecule has 4 heterocycles. The number of hydrogen-bond acceptors (Lipinski definition) is 9. The molecule has 1 N–H and O–H groups in total. The van der Waals surface area contributed by atoms with E-state index in [9.17, 15) is 4.79 Å². The summed E-state index contributed by atoms with van der Waals surface area (Å²) in [5, 5.41) is 4.73. The Kier molecular flexibility index (Phi) is 5.72. The Morgan fingerprint density at radius 2 is 2.03 bits per heavy atom. The lowest BCUT2D eigenvalue weighted by atomic mass is 10.2. The second kappa shape index (κ2) is 8.42. The predicted octanol–water partition coefficient (Wildman–Crippen LogP) is 2.74. The van der Waals surface area contributed by atoms with Crippen LogP contribution in [0.2, 0.25) is 0 Å². The van der Waals surface area contributed by atoms with Crippen LogP contribution in [0, 0.1) is 13.8 Å². The molecule has 0 saturated carbocycles. The molecule has 3 aromatic rings. The van der Waals surface area contributed by atoms with Crippen LogP contribution in [0.1, 0.15) is 27.5 Å². The molecule has 8 nitrogen and oxygen atoms in total. The van der Waals surface area contributed by atoms with E-state index in [2.05, 4.69) is 30.2 Å². The molecular formula is C19H21N7OS2. The van der Waals surface area contributed by atoms with Crippen molar-refractivity contribution in [1.82, 2.24) is 30.2 Å². The first-order chi connectivity index (χ1) is 14.0. The molecule has 4 rings (SSSR count). The van der Waals surface area contributed by atoms with Crippen LogP contribution >= 0.6 is 23.1 Å². The van der Waals surface area contributed by atoms with Gasteiger partial charge in [-0.05, 0) is 32.6 Å². The number of hydrogen-bond donors (Lipinski definition) is 1. The third-order valence-electron chi connectivity index (χ3n) is 4.66. The summed E-state index contributed by atoms with van der Waals surface area (Å²) in [6.45, 7) is 5.45. The van der Waals surface area contributed by atoms with Gasteiger partial charge in [-0.25, -0.2) is 24.9 Å². The van der Waals surface area contributed by atoms with Crippen LogP contribution in [0.3, 0.4) is 0 Å². The van der Waals surface area contributed by atoms with E-state index in [-0.39, 0.29) is 11.9 Å². The van der Waals surface area contributed by atoms with Crippen molar-refractivity contribution in [2.45, 2.75) is 31.5 Å². The van der Waals surface area contributed by atoms with E-state index in [4.69, 9.17) is 4.98 Å². The fourth-order valence-electron chi connectivity index (χ4n) is 3.26. The van der Waals surface area contributed by atoms with Gasteiger partial charge in [0.2, 0.25) is 5.95 Å². The normalized spacial score (nSPS) is 16.2. The van der Waals surface area contributed by atoms with Crippen molar-refractivity contribution in [3.63, 3.8) is 0 Å². The number of anilines is 1. The van der Waals surface area contributed by atoms with Crippen molar-refractivity contribution >= 4 is 35.0 Å². The highest BCUT2D eigenvalue weighted by Gasteiger charge is 2.26. The van der Waals surface area contributed by atoms with Crippen LogP contribution in [0.25, 0.3) is 10.6 Å². The number of aromatic nitrogens is 5. The average Bonchev–Trinajstić information content (AvgIpc) is 3.34. The molecule has 1 amide bonds. The van der Waals surface area contributed by atoms with Gasteiger partial charge >= 0.3 is 0 Å². The fourth-order valence-corrected chi connectivity index (χ4v) is 4.47. The van der Waals surface area contributed by atoms with E-state index in [1.54, 1.807) is 29.9 Å². The summed E-state index contributed by atoms with van der Waals surface area (Å²) in [7, 11) is 0. The number of thioether (sulfide) groups is 1. The maximum Gasteiger partial charge on any atom is 0.254 e. The van der Waals surface area contributed by atoms with Crippen molar-refractivity contribution in [1.29, 1.82) is 0 Å². The number of amides is 1. The highest BCUT2D eigenvalue weighted by molar-refractivity contribution is 7.98. The van der Waals surface area contributed by atoms with Gasteiger partial charge in [0.15, 0.2) is 5.16 Å². The van der Waals surface area contributed by atoms with Gasteiger partial charge in [0.25, 0.3) is 5.91 Å². The molecule has 1 aliphatic heterocycles. The summed E-state index contributed by atoms with van der Waals surface area (Å²) in [6, 6.07) is 1.94. The number of carbonyl (C=O) groups is 1. The van der Waals surface area contributed by atoms with E-state index in [1.807, 2.05) is 26.2 Å². The molecule has 1 fully saturated rings.